The molecule has 1 unspecified atom stereocenters. The highest BCUT2D eigenvalue weighted by Crippen LogP contribution is 2.32. The number of nitrogens with two attached hydrogens (primary N) is 1. The van der Waals surface area contributed by atoms with Gasteiger partial charge in [-0.15, -0.1) is 5.48 Å². The second-order valence-electron chi connectivity index (χ2n) is 4.20. The van der Waals surface area contributed by atoms with Crippen molar-refractivity contribution in [1.29, 1.82) is 5.26 Å². The fourth-order valence-electron chi connectivity index (χ4n) is 2.12. The molecule has 2 aromatic rings. The highest BCUT2D eigenvalue weighted by atomic mass is 35.5. The van der Waals surface area contributed by atoms with Gasteiger partial charge in [0.15, 0.2) is 0 Å². The van der Waals surface area contributed by atoms with Crippen LogP contribution in [0.1, 0.15) is 11.6 Å². The van der Waals surface area contributed by atoms with E-state index in [4.69, 9.17) is 31.9 Å². The fraction of sp³-hybridized carbons (Fsp3) is 0.0769. The van der Waals surface area contributed by atoms with Crippen molar-refractivity contribution in [2.45, 2.75) is 6.04 Å². The Morgan fingerprint density at radius 3 is 2.95 bits per heavy atom. The van der Waals surface area contributed by atoms with Crippen molar-refractivity contribution in [2.24, 2.45) is 5.73 Å². The van der Waals surface area contributed by atoms with Crippen molar-refractivity contribution in [3.63, 3.8) is 0 Å². The molecule has 0 bridgehead atoms. The number of fused-ring (bicyclic) bond motifs is 1. The maximum atomic E-state index is 11.6. The smallest absolute Gasteiger partial charge is 0.336 e. The van der Waals surface area contributed by atoms with Gasteiger partial charge >= 0.3 is 5.63 Å². The molecular weight excluding hydrogens is 282 g/mol. The summed E-state index contributed by atoms with van der Waals surface area (Å²) in [5, 5.41) is 10.2. The molecule has 0 fully saturated rings. The third-order valence-corrected chi connectivity index (χ3v) is 3.24. The predicted octanol–water partition coefficient (Wildman–Crippen LogP) is 1.72. The first kappa shape index (κ1) is 12.5. The van der Waals surface area contributed by atoms with Crippen molar-refractivity contribution in [3.8, 4) is 6.07 Å². The number of hydrogen-bond acceptors (Lipinski definition) is 6. The van der Waals surface area contributed by atoms with E-state index in [1.54, 1.807) is 18.2 Å². The molecule has 0 spiro atoms. The van der Waals surface area contributed by atoms with Crippen LogP contribution >= 0.6 is 11.6 Å². The number of nitriles is 1. The molecule has 1 aliphatic heterocycles. The Kier molecular flexibility index (Phi) is 2.86. The molecule has 1 atom stereocenters. The fourth-order valence-corrected chi connectivity index (χ4v) is 2.29. The lowest BCUT2D eigenvalue weighted by molar-refractivity contribution is 0.115. The van der Waals surface area contributed by atoms with Crippen LogP contribution in [0.15, 0.2) is 44.9 Å². The Morgan fingerprint density at radius 2 is 2.20 bits per heavy atom. The lowest BCUT2D eigenvalue weighted by Gasteiger charge is -2.11. The van der Waals surface area contributed by atoms with Crippen molar-refractivity contribution < 1.29 is 9.25 Å². The van der Waals surface area contributed by atoms with E-state index < -0.39 is 11.7 Å². The number of benzene rings is 1. The molecule has 20 heavy (non-hydrogen) atoms. The molecule has 0 aliphatic carbocycles. The quantitative estimate of drug-likeness (QED) is 0.775. The normalized spacial score (nSPS) is 18.1. The van der Waals surface area contributed by atoms with E-state index in [0.717, 1.165) is 0 Å². The second kappa shape index (κ2) is 4.56. The summed E-state index contributed by atoms with van der Waals surface area (Å²) in [5.74, 6) is -0.0130. The molecule has 0 saturated heterocycles. The largest absolute Gasteiger partial charge is 0.423 e. The summed E-state index contributed by atoms with van der Waals surface area (Å²) in [6, 6.07) is 7.48. The predicted molar refractivity (Wildman–Crippen MR) is 71.3 cm³/mol. The Labute approximate surface area is 117 Å². The van der Waals surface area contributed by atoms with Crippen LogP contribution in [0.5, 0.6) is 0 Å². The zero-order valence-corrected chi connectivity index (χ0v) is 10.8. The topological polar surface area (TPSA) is 101 Å². The Bertz CT molecular complexity index is 835. The van der Waals surface area contributed by atoms with Gasteiger partial charge in [-0.25, -0.2) is 4.79 Å². The van der Waals surface area contributed by atoms with Crippen LogP contribution in [-0.2, 0) is 4.84 Å². The van der Waals surface area contributed by atoms with Crippen LogP contribution in [-0.4, -0.2) is 0 Å². The van der Waals surface area contributed by atoms with Gasteiger partial charge in [-0.1, -0.05) is 11.6 Å². The summed E-state index contributed by atoms with van der Waals surface area (Å²) in [6.07, 6.45) is 0. The maximum absolute atomic E-state index is 11.6. The van der Waals surface area contributed by atoms with E-state index in [1.807, 2.05) is 6.07 Å². The molecule has 7 heteroatoms. The molecule has 0 saturated carbocycles. The van der Waals surface area contributed by atoms with Crippen LogP contribution < -0.4 is 16.8 Å². The van der Waals surface area contributed by atoms with Gasteiger partial charge in [0.1, 0.15) is 23.3 Å². The molecular formula is C13H8ClN3O3. The Balaban J connectivity index is 2.29. The van der Waals surface area contributed by atoms with E-state index in [0.29, 0.717) is 21.6 Å². The zero-order valence-electron chi connectivity index (χ0n) is 10.0. The van der Waals surface area contributed by atoms with Gasteiger partial charge in [0, 0.05) is 16.5 Å². The van der Waals surface area contributed by atoms with E-state index >= 15 is 0 Å². The lowest BCUT2D eigenvalue weighted by atomic mass is 9.98. The van der Waals surface area contributed by atoms with Gasteiger partial charge in [-0.3, -0.25) is 0 Å². The molecule has 3 rings (SSSR count). The van der Waals surface area contributed by atoms with Crippen molar-refractivity contribution in [1.82, 2.24) is 5.48 Å². The van der Waals surface area contributed by atoms with E-state index in [1.165, 1.54) is 6.07 Å². The maximum Gasteiger partial charge on any atom is 0.336 e. The zero-order chi connectivity index (χ0) is 14.3. The molecule has 1 aromatic carbocycles. The van der Waals surface area contributed by atoms with E-state index in [9.17, 15) is 4.79 Å². The molecule has 0 radical (unpaired) electrons. The third kappa shape index (κ3) is 1.90. The summed E-state index contributed by atoms with van der Waals surface area (Å²) < 4.78 is 5.10. The molecule has 0 amide bonds. The molecule has 2 heterocycles. The van der Waals surface area contributed by atoms with Crippen molar-refractivity contribution >= 4 is 22.6 Å². The molecule has 1 aromatic heterocycles. The molecule has 100 valence electrons. The minimum absolute atomic E-state index is 0.0130. The average molecular weight is 290 g/mol. The first-order valence-corrected chi connectivity index (χ1v) is 6.03. The van der Waals surface area contributed by atoms with E-state index in [2.05, 4.69) is 5.48 Å². The summed E-state index contributed by atoms with van der Waals surface area (Å²) in [4.78, 5) is 16.6. The minimum Gasteiger partial charge on any atom is -0.423 e. The van der Waals surface area contributed by atoms with Crippen LogP contribution in [0.2, 0.25) is 5.02 Å². The second-order valence-corrected chi connectivity index (χ2v) is 4.64. The third-order valence-electron chi connectivity index (χ3n) is 3.01. The van der Waals surface area contributed by atoms with Gasteiger partial charge in [0.25, 0.3) is 0 Å². The monoisotopic (exact) mass is 289 g/mol. The number of rotatable bonds is 1. The van der Waals surface area contributed by atoms with Crippen LogP contribution in [0, 0.1) is 11.3 Å². The first-order valence-electron chi connectivity index (χ1n) is 5.65. The first-order chi connectivity index (χ1) is 9.60. The highest BCUT2D eigenvalue weighted by Gasteiger charge is 2.29. The van der Waals surface area contributed by atoms with Crippen molar-refractivity contribution in [3.05, 3.63) is 56.7 Å². The number of nitrogens with zero attached hydrogens (tertiary/aromatic N) is 1. The highest BCUT2D eigenvalue weighted by molar-refractivity contribution is 6.31. The number of hydroxylamine groups is 1. The SMILES string of the molecule is N#CC1=C(N)ONC1c1cc(=O)oc2ccc(Cl)cc12. The number of halogens is 1. The standard InChI is InChI=1S/C13H8ClN3O3/c14-6-1-2-10-7(3-6)8(4-11(18)19-10)12-9(5-15)13(16)20-17-12/h1-4,12,17H,16H2. The Morgan fingerprint density at radius 1 is 1.40 bits per heavy atom. The van der Waals surface area contributed by atoms with Gasteiger partial charge in [-0.2, -0.15) is 5.26 Å². The lowest BCUT2D eigenvalue weighted by Crippen LogP contribution is -2.17. The van der Waals surface area contributed by atoms with Gasteiger partial charge in [0.2, 0.25) is 5.88 Å². The van der Waals surface area contributed by atoms with Crippen molar-refractivity contribution in [2.75, 3.05) is 0 Å². The minimum atomic E-state index is -0.634. The molecule has 6 nitrogen and oxygen atoms in total. The summed E-state index contributed by atoms with van der Waals surface area (Å²) in [7, 11) is 0. The number of nitrogens with one attached hydrogen (secondary N) is 1. The van der Waals surface area contributed by atoms with Gasteiger partial charge in [-0.05, 0) is 23.8 Å². The molecule has 1 aliphatic rings. The van der Waals surface area contributed by atoms with Gasteiger partial charge < -0.3 is 15.0 Å². The number of hydrogen-bond donors (Lipinski definition) is 2. The average Bonchev–Trinajstić information content (AvgIpc) is 2.79. The van der Waals surface area contributed by atoms with Crippen LogP contribution in [0.3, 0.4) is 0 Å². The van der Waals surface area contributed by atoms with Crippen LogP contribution in [0.4, 0.5) is 0 Å². The summed E-state index contributed by atoms with van der Waals surface area (Å²) >= 11 is 5.96. The summed E-state index contributed by atoms with van der Waals surface area (Å²) in [5.41, 5.74) is 8.77. The molecule has 3 N–H and O–H groups in total. The van der Waals surface area contributed by atoms with E-state index in [-0.39, 0.29) is 11.5 Å². The van der Waals surface area contributed by atoms with Gasteiger partial charge in [0.05, 0.1) is 0 Å². The summed E-state index contributed by atoms with van der Waals surface area (Å²) in [6.45, 7) is 0. The Hall–Kier alpha value is -2.49. The van der Waals surface area contributed by atoms with Crippen LogP contribution in [0.25, 0.3) is 11.0 Å².